The molecule has 290 valence electrons. The zero-order valence-electron chi connectivity index (χ0n) is 34.2. The standard InChI is InChI=1S/C57H42N4/c1-57(2)48-25-14-11-21-41(48)42-31-30-39(35-49(42)57)60-52-28-16-13-24-45(52)55-44-23-10-9-20-40(44)46(36-54(55)60)38-29-32-53-47(34-38)43-22-12-15-27-51(43)61(53)56-58-33-17-4-3-8-26-50(59-56)37-18-6-5-7-19-37/h3-6,8-18,20-36H,7,19H2,1-2H3. The van der Waals surface area contributed by atoms with Gasteiger partial charge in [-0.25, -0.2) is 9.97 Å². The molecule has 7 aromatic carbocycles. The zero-order chi connectivity index (χ0) is 40.7. The van der Waals surface area contributed by atoms with Gasteiger partial charge in [-0.2, -0.15) is 0 Å². The first-order chi connectivity index (χ1) is 30.0. The molecule has 0 unspecified atom stereocenters. The predicted octanol–water partition coefficient (Wildman–Crippen LogP) is 14.7. The monoisotopic (exact) mass is 782 g/mol. The van der Waals surface area contributed by atoms with E-state index in [9.17, 15) is 0 Å². The fourth-order valence-electron chi connectivity index (χ4n) is 10.2. The Bertz CT molecular complexity index is 3570. The maximum absolute atomic E-state index is 5.31. The normalized spacial score (nSPS) is 14.1. The molecule has 12 rings (SSSR count). The molecular formula is C57H42N4. The smallest absolute Gasteiger partial charge is 0.235 e. The zero-order valence-corrected chi connectivity index (χ0v) is 34.2. The van der Waals surface area contributed by atoms with Crippen molar-refractivity contribution in [3.63, 3.8) is 0 Å². The molecule has 0 spiro atoms. The molecule has 0 aliphatic heterocycles. The number of allylic oxidation sites excluding steroid dienone is 4. The number of nitrogens with zero attached hydrogens (tertiary/aromatic N) is 4. The van der Waals surface area contributed by atoms with Gasteiger partial charge >= 0.3 is 0 Å². The van der Waals surface area contributed by atoms with Gasteiger partial charge in [-0.1, -0.05) is 147 Å². The molecule has 0 atom stereocenters. The van der Waals surface area contributed by atoms with Crippen LogP contribution < -0.4 is 0 Å². The average Bonchev–Trinajstić information content (AvgIpc) is 3.90. The van der Waals surface area contributed by atoms with Crippen molar-refractivity contribution < 1.29 is 0 Å². The molecule has 61 heavy (non-hydrogen) atoms. The summed E-state index contributed by atoms with van der Waals surface area (Å²) in [5.74, 6) is 0.637. The molecule has 0 saturated carbocycles. The van der Waals surface area contributed by atoms with Crippen molar-refractivity contribution in [2.24, 2.45) is 0 Å². The van der Waals surface area contributed by atoms with Crippen LogP contribution in [0.2, 0.25) is 0 Å². The van der Waals surface area contributed by atoms with Crippen LogP contribution in [0.5, 0.6) is 0 Å². The van der Waals surface area contributed by atoms with E-state index in [-0.39, 0.29) is 5.41 Å². The summed E-state index contributed by atoms with van der Waals surface area (Å²) < 4.78 is 4.72. The predicted molar refractivity (Wildman–Crippen MR) is 255 cm³/mol. The molecule has 0 saturated heterocycles. The number of aromatic nitrogens is 4. The lowest BCUT2D eigenvalue weighted by Crippen LogP contribution is -2.15. The lowest BCUT2D eigenvalue weighted by atomic mass is 9.82. The van der Waals surface area contributed by atoms with Gasteiger partial charge in [0.1, 0.15) is 0 Å². The van der Waals surface area contributed by atoms with Crippen molar-refractivity contribution in [2.45, 2.75) is 32.1 Å². The largest absolute Gasteiger partial charge is 0.309 e. The second-order valence-corrected chi connectivity index (χ2v) is 16.9. The molecule has 2 aliphatic rings. The summed E-state index contributed by atoms with van der Waals surface area (Å²) in [7, 11) is 0. The van der Waals surface area contributed by atoms with Crippen molar-refractivity contribution >= 4 is 60.0 Å². The highest BCUT2D eigenvalue weighted by atomic mass is 15.1. The van der Waals surface area contributed by atoms with Crippen LogP contribution in [-0.2, 0) is 5.41 Å². The van der Waals surface area contributed by atoms with Gasteiger partial charge in [-0.3, -0.25) is 4.57 Å². The first-order valence-electron chi connectivity index (χ1n) is 21.3. The third kappa shape index (κ3) is 5.45. The Morgan fingerprint density at radius 1 is 0.508 bits per heavy atom. The van der Waals surface area contributed by atoms with E-state index in [2.05, 4.69) is 193 Å². The van der Waals surface area contributed by atoms with E-state index in [0.717, 1.165) is 40.3 Å². The summed E-state index contributed by atoms with van der Waals surface area (Å²) in [5, 5.41) is 7.34. The van der Waals surface area contributed by atoms with E-state index in [1.807, 2.05) is 24.4 Å². The highest BCUT2D eigenvalue weighted by Gasteiger charge is 2.35. The molecule has 0 amide bonds. The number of hydrogen-bond acceptors (Lipinski definition) is 2. The van der Waals surface area contributed by atoms with Crippen LogP contribution in [0.4, 0.5) is 0 Å². The van der Waals surface area contributed by atoms with Gasteiger partial charge in [-0.15, -0.1) is 0 Å². The van der Waals surface area contributed by atoms with E-state index >= 15 is 0 Å². The maximum atomic E-state index is 5.31. The van der Waals surface area contributed by atoms with Crippen LogP contribution in [0.25, 0.3) is 93.8 Å². The second-order valence-electron chi connectivity index (χ2n) is 16.9. The third-order valence-electron chi connectivity index (χ3n) is 13.1. The van der Waals surface area contributed by atoms with Gasteiger partial charge in [0.2, 0.25) is 5.95 Å². The third-order valence-corrected chi connectivity index (χ3v) is 13.1. The van der Waals surface area contributed by atoms with E-state index < -0.39 is 0 Å². The molecule has 0 fully saturated rings. The number of rotatable bonds is 4. The minimum absolute atomic E-state index is 0.103. The minimum Gasteiger partial charge on any atom is -0.309 e. The first-order valence-corrected chi connectivity index (χ1v) is 21.3. The van der Waals surface area contributed by atoms with Gasteiger partial charge in [0.25, 0.3) is 0 Å². The lowest BCUT2D eigenvalue weighted by molar-refractivity contribution is 0.660. The fraction of sp³-hybridized carbons (Fsp3) is 0.0877. The van der Waals surface area contributed by atoms with Gasteiger partial charge in [0.15, 0.2) is 0 Å². The Morgan fingerprint density at radius 2 is 1.21 bits per heavy atom. The molecular weight excluding hydrogens is 741 g/mol. The van der Waals surface area contributed by atoms with Crippen molar-refractivity contribution in [3.05, 3.63) is 211 Å². The summed E-state index contributed by atoms with van der Waals surface area (Å²) in [6.45, 7) is 4.72. The highest BCUT2D eigenvalue weighted by molar-refractivity contribution is 6.24. The van der Waals surface area contributed by atoms with Crippen molar-refractivity contribution in [3.8, 4) is 33.9 Å². The Kier molecular flexibility index (Phi) is 7.98. The molecule has 4 heteroatoms. The van der Waals surface area contributed by atoms with E-state index in [0.29, 0.717) is 5.95 Å². The van der Waals surface area contributed by atoms with Gasteiger partial charge < -0.3 is 4.57 Å². The highest BCUT2D eigenvalue weighted by Crippen LogP contribution is 2.50. The fourth-order valence-corrected chi connectivity index (χ4v) is 10.2. The van der Waals surface area contributed by atoms with Crippen LogP contribution in [0.15, 0.2) is 194 Å². The van der Waals surface area contributed by atoms with E-state index in [1.54, 1.807) is 0 Å². The quantitative estimate of drug-likeness (QED) is 0.178. The summed E-state index contributed by atoms with van der Waals surface area (Å²) in [6.07, 6.45) is 10.3. The van der Waals surface area contributed by atoms with Gasteiger partial charge in [-0.05, 0) is 117 Å². The average molecular weight is 783 g/mol. The number of para-hydroxylation sites is 2. The molecule has 0 N–H and O–H groups in total. The molecule has 3 aromatic heterocycles. The second kappa shape index (κ2) is 13.8. The molecule has 4 nitrogen and oxygen atoms in total. The van der Waals surface area contributed by atoms with Crippen LogP contribution >= 0.6 is 0 Å². The van der Waals surface area contributed by atoms with Crippen LogP contribution in [-0.4, -0.2) is 19.1 Å². The molecule has 10 aromatic rings. The van der Waals surface area contributed by atoms with Crippen LogP contribution in [0.3, 0.4) is 0 Å². The molecule has 0 radical (unpaired) electrons. The first kappa shape index (κ1) is 35.4. The number of benzene rings is 7. The van der Waals surface area contributed by atoms with Crippen molar-refractivity contribution in [2.75, 3.05) is 0 Å². The SMILES string of the molecule is CC1(C)c2ccccc2-c2ccc(-n3c4ccccc4c4c5ccccc5c(-c5ccc6c(c5)c5ccccc5n6-c5nccccccc(C6=CC=CCC6)n5)cc43)cc21. The molecule has 3 heterocycles. The Balaban J connectivity index is 1.10. The topological polar surface area (TPSA) is 35.6 Å². The number of fused-ring (bicyclic) bond motifs is 11. The Hall–Kier alpha value is -7.56. The van der Waals surface area contributed by atoms with Gasteiger partial charge in [0.05, 0.1) is 27.8 Å². The summed E-state index contributed by atoms with van der Waals surface area (Å²) in [5.41, 5.74) is 15.5. The van der Waals surface area contributed by atoms with Crippen molar-refractivity contribution in [1.82, 2.24) is 19.1 Å². The molecule has 2 aliphatic carbocycles. The van der Waals surface area contributed by atoms with E-state index in [1.165, 1.54) is 77.2 Å². The minimum atomic E-state index is -0.103. The Morgan fingerprint density at radius 3 is 2.07 bits per heavy atom. The summed E-state index contributed by atoms with van der Waals surface area (Å²) in [4.78, 5) is 10.3. The van der Waals surface area contributed by atoms with E-state index in [4.69, 9.17) is 9.97 Å². The summed E-state index contributed by atoms with van der Waals surface area (Å²) >= 11 is 0. The van der Waals surface area contributed by atoms with Crippen LogP contribution in [0.1, 0.15) is 43.5 Å². The van der Waals surface area contributed by atoms with Crippen LogP contribution in [0, 0.1) is 0 Å². The van der Waals surface area contributed by atoms with Crippen molar-refractivity contribution in [1.29, 1.82) is 0 Å². The molecule has 0 bridgehead atoms. The number of hydrogen-bond donors (Lipinski definition) is 0. The van der Waals surface area contributed by atoms with Gasteiger partial charge in [0, 0.05) is 38.8 Å². The maximum Gasteiger partial charge on any atom is 0.235 e. The lowest BCUT2D eigenvalue weighted by Gasteiger charge is -2.22. The Labute approximate surface area is 354 Å². The summed E-state index contributed by atoms with van der Waals surface area (Å²) in [6, 6.07) is 62.0.